The molecule has 0 aliphatic heterocycles. The van der Waals surface area contributed by atoms with E-state index in [2.05, 4.69) is 26.4 Å². The normalized spacial score (nSPS) is 11.6. The van der Waals surface area contributed by atoms with Gasteiger partial charge in [0.25, 0.3) is 0 Å². The molecule has 0 aliphatic carbocycles. The molecular weight excluding hydrogens is 487 g/mol. The van der Waals surface area contributed by atoms with Gasteiger partial charge in [-0.25, -0.2) is 18.1 Å². The van der Waals surface area contributed by atoms with Crippen molar-refractivity contribution in [1.82, 2.24) is 15.4 Å². The van der Waals surface area contributed by atoms with Gasteiger partial charge in [-0.15, -0.1) is 24.0 Å². The molecule has 3 N–H and O–H groups in total. The lowest BCUT2D eigenvalue weighted by molar-refractivity contribution is 0.580. The Labute approximate surface area is 185 Å². The molecule has 2 aromatic rings. The molecule has 0 aliphatic rings. The second-order valence-electron chi connectivity index (χ2n) is 6.24. The first-order valence-electron chi connectivity index (χ1n) is 9.07. The quantitative estimate of drug-likeness (QED) is 0.272. The molecule has 0 amide bonds. The average Bonchev–Trinajstić information content (AvgIpc) is 2.65. The summed E-state index contributed by atoms with van der Waals surface area (Å²) in [6, 6.07) is 17.6. The predicted octanol–water partition coefficient (Wildman–Crippen LogP) is 2.79. The third-order valence-electron chi connectivity index (χ3n) is 3.85. The SMILES string of the molecule is CCNC(=NCc1cccc(C)c1)NCCS(=O)(=O)NCc1ccccc1.I. The fourth-order valence-corrected chi connectivity index (χ4v) is 3.39. The number of hydrogen-bond acceptors (Lipinski definition) is 3. The average molecular weight is 516 g/mol. The lowest BCUT2D eigenvalue weighted by Crippen LogP contribution is -2.41. The van der Waals surface area contributed by atoms with Gasteiger partial charge in [0.05, 0.1) is 12.3 Å². The van der Waals surface area contributed by atoms with E-state index in [0.717, 1.165) is 11.1 Å². The molecule has 0 heterocycles. The van der Waals surface area contributed by atoms with Gasteiger partial charge in [0, 0.05) is 19.6 Å². The molecule has 0 spiro atoms. The highest BCUT2D eigenvalue weighted by atomic mass is 127. The van der Waals surface area contributed by atoms with Crippen LogP contribution in [-0.4, -0.2) is 33.2 Å². The van der Waals surface area contributed by atoms with Gasteiger partial charge in [0.15, 0.2) is 5.96 Å². The summed E-state index contributed by atoms with van der Waals surface area (Å²) in [5.74, 6) is 0.589. The summed E-state index contributed by atoms with van der Waals surface area (Å²) in [5.41, 5.74) is 3.24. The van der Waals surface area contributed by atoms with E-state index in [1.807, 2.05) is 62.4 Å². The zero-order chi connectivity index (χ0) is 19.5. The number of aryl methyl sites for hydroxylation is 1. The highest BCUT2D eigenvalue weighted by Gasteiger charge is 2.10. The van der Waals surface area contributed by atoms with Crippen LogP contribution < -0.4 is 15.4 Å². The molecule has 154 valence electrons. The Morgan fingerprint density at radius 3 is 2.39 bits per heavy atom. The van der Waals surface area contributed by atoms with Crippen LogP contribution in [0, 0.1) is 6.92 Å². The molecule has 0 bridgehead atoms. The monoisotopic (exact) mass is 516 g/mol. The number of benzene rings is 2. The Hall–Kier alpha value is -1.65. The van der Waals surface area contributed by atoms with Gasteiger partial charge in [0.2, 0.25) is 10.0 Å². The first-order valence-corrected chi connectivity index (χ1v) is 10.7. The Balaban J connectivity index is 0.00000392. The van der Waals surface area contributed by atoms with Crippen LogP contribution in [-0.2, 0) is 23.1 Å². The molecule has 0 saturated heterocycles. The molecule has 0 aromatic heterocycles. The Morgan fingerprint density at radius 1 is 1.00 bits per heavy atom. The molecule has 0 saturated carbocycles. The van der Waals surface area contributed by atoms with E-state index in [-0.39, 0.29) is 36.3 Å². The number of sulfonamides is 1. The molecular formula is C20H29IN4O2S. The van der Waals surface area contributed by atoms with Crippen molar-refractivity contribution in [2.45, 2.75) is 26.9 Å². The van der Waals surface area contributed by atoms with E-state index in [1.54, 1.807) is 0 Å². The number of aliphatic imine (C=N–C) groups is 1. The summed E-state index contributed by atoms with van der Waals surface area (Å²) in [6.07, 6.45) is 0. The predicted molar refractivity (Wildman–Crippen MR) is 126 cm³/mol. The lowest BCUT2D eigenvalue weighted by Gasteiger charge is -2.12. The minimum absolute atomic E-state index is 0. The fourth-order valence-electron chi connectivity index (χ4n) is 2.49. The highest BCUT2D eigenvalue weighted by molar-refractivity contribution is 14.0. The maximum atomic E-state index is 12.1. The summed E-state index contributed by atoms with van der Waals surface area (Å²) >= 11 is 0. The van der Waals surface area contributed by atoms with E-state index in [0.29, 0.717) is 25.6 Å². The third-order valence-corrected chi connectivity index (χ3v) is 5.17. The Morgan fingerprint density at radius 2 is 1.71 bits per heavy atom. The number of rotatable bonds is 9. The largest absolute Gasteiger partial charge is 0.357 e. The van der Waals surface area contributed by atoms with Crippen molar-refractivity contribution < 1.29 is 8.42 Å². The summed E-state index contributed by atoms with van der Waals surface area (Å²) in [5, 5.41) is 6.21. The number of halogens is 1. The molecule has 6 nitrogen and oxygen atoms in total. The van der Waals surface area contributed by atoms with Gasteiger partial charge in [-0.2, -0.15) is 0 Å². The highest BCUT2D eigenvalue weighted by Crippen LogP contribution is 2.05. The van der Waals surface area contributed by atoms with Crippen LogP contribution in [0.5, 0.6) is 0 Å². The van der Waals surface area contributed by atoms with Crippen LogP contribution in [0.1, 0.15) is 23.6 Å². The molecule has 0 unspecified atom stereocenters. The third kappa shape index (κ3) is 9.52. The molecule has 28 heavy (non-hydrogen) atoms. The summed E-state index contributed by atoms with van der Waals surface area (Å²) in [6.45, 7) is 5.84. The number of guanidine groups is 1. The first kappa shape index (κ1) is 24.4. The van der Waals surface area contributed by atoms with Crippen LogP contribution in [0.25, 0.3) is 0 Å². The Bertz CT molecular complexity index is 842. The maximum absolute atomic E-state index is 12.1. The summed E-state index contributed by atoms with van der Waals surface area (Å²) in [4.78, 5) is 4.52. The Kier molecular flexibility index (Phi) is 11.1. The van der Waals surface area contributed by atoms with Crippen LogP contribution >= 0.6 is 24.0 Å². The number of nitrogens with one attached hydrogen (secondary N) is 3. The second kappa shape index (κ2) is 12.7. The standard InChI is InChI=1S/C20H28N4O2S.HI/c1-3-21-20(23-15-19-11-7-8-17(2)14-19)22-12-13-27(25,26)24-16-18-9-5-4-6-10-18;/h4-11,14,24H,3,12-13,15-16H2,1-2H3,(H2,21,22,23);1H. The fraction of sp³-hybridized carbons (Fsp3) is 0.350. The van der Waals surface area contributed by atoms with E-state index in [1.165, 1.54) is 5.56 Å². The molecule has 0 atom stereocenters. The minimum atomic E-state index is -3.36. The van der Waals surface area contributed by atoms with E-state index in [9.17, 15) is 8.42 Å². The van der Waals surface area contributed by atoms with Gasteiger partial charge < -0.3 is 10.6 Å². The van der Waals surface area contributed by atoms with Gasteiger partial charge in [0.1, 0.15) is 0 Å². The maximum Gasteiger partial charge on any atom is 0.213 e. The van der Waals surface area contributed by atoms with E-state index in [4.69, 9.17) is 0 Å². The van der Waals surface area contributed by atoms with Crippen LogP contribution in [0.4, 0.5) is 0 Å². The molecule has 0 fully saturated rings. The van der Waals surface area contributed by atoms with Crippen LogP contribution in [0.3, 0.4) is 0 Å². The van der Waals surface area contributed by atoms with E-state index < -0.39 is 10.0 Å². The van der Waals surface area contributed by atoms with Crippen molar-refractivity contribution in [2.75, 3.05) is 18.8 Å². The van der Waals surface area contributed by atoms with E-state index >= 15 is 0 Å². The topological polar surface area (TPSA) is 82.6 Å². The zero-order valence-electron chi connectivity index (χ0n) is 16.3. The van der Waals surface area contributed by atoms with Gasteiger partial charge in [-0.3, -0.25) is 0 Å². The molecule has 2 rings (SSSR count). The second-order valence-corrected chi connectivity index (χ2v) is 8.16. The first-order chi connectivity index (χ1) is 13.0. The van der Waals surface area contributed by atoms with Crippen molar-refractivity contribution in [3.05, 3.63) is 71.3 Å². The van der Waals surface area contributed by atoms with Crippen molar-refractivity contribution in [1.29, 1.82) is 0 Å². The lowest BCUT2D eigenvalue weighted by atomic mass is 10.1. The molecule has 8 heteroatoms. The number of nitrogens with zero attached hydrogens (tertiary/aromatic N) is 1. The van der Waals surface area contributed by atoms with Crippen molar-refractivity contribution >= 4 is 40.0 Å². The molecule has 0 radical (unpaired) electrons. The van der Waals surface area contributed by atoms with Crippen molar-refractivity contribution in [2.24, 2.45) is 4.99 Å². The summed E-state index contributed by atoms with van der Waals surface area (Å²) in [7, 11) is -3.36. The smallest absolute Gasteiger partial charge is 0.213 e. The minimum Gasteiger partial charge on any atom is -0.357 e. The number of hydrogen-bond donors (Lipinski definition) is 3. The van der Waals surface area contributed by atoms with Crippen molar-refractivity contribution in [3.63, 3.8) is 0 Å². The zero-order valence-corrected chi connectivity index (χ0v) is 19.5. The van der Waals surface area contributed by atoms with Gasteiger partial charge in [-0.1, -0.05) is 60.2 Å². The van der Waals surface area contributed by atoms with Gasteiger partial charge >= 0.3 is 0 Å². The van der Waals surface area contributed by atoms with Crippen LogP contribution in [0.2, 0.25) is 0 Å². The van der Waals surface area contributed by atoms with Crippen LogP contribution in [0.15, 0.2) is 59.6 Å². The van der Waals surface area contributed by atoms with Crippen molar-refractivity contribution in [3.8, 4) is 0 Å². The molecule has 2 aromatic carbocycles. The van der Waals surface area contributed by atoms with Gasteiger partial charge in [-0.05, 0) is 25.0 Å². The summed E-state index contributed by atoms with van der Waals surface area (Å²) < 4.78 is 26.9.